The molecule has 19 heavy (non-hydrogen) atoms. The number of halogens is 2. The van der Waals surface area contributed by atoms with E-state index in [0.717, 1.165) is 23.3 Å². The zero-order valence-corrected chi connectivity index (χ0v) is 13.3. The van der Waals surface area contributed by atoms with Gasteiger partial charge in [-0.05, 0) is 62.6 Å². The summed E-state index contributed by atoms with van der Waals surface area (Å²) in [6.45, 7) is 4.53. The Morgan fingerprint density at radius 2 is 2.11 bits per heavy atom. The average molecular weight is 300 g/mol. The van der Waals surface area contributed by atoms with E-state index in [9.17, 15) is 0 Å². The Morgan fingerprint density at radius 1 is 1.32 bits per heavy atom. The van der Waals surface area contributed by atoms with Gasteiger partial charge in [-0.3, -0.25) is 0 Å². The normalized spacial score (nSPS) is 43.7. The van der Waals surface area contributed by atoms with Gasteiger partial charge in [0.25, 0.3) is 0 Å². The fourth-order valence-corrected chi connectivity index (χ4v) is 4.46. The second kappa shape index (κ2) is 5.09. The maximum absolute atomic E-state index is 6.41. The van der Waals surface area contributed by atoms with E-state index in [4.69, 9.17) is 23.2 Å². The van der Waals surface area contributed by atoms with Crippen LogP contribution in [0.15, 0.2) is 22.8 Å². The molecule has 3 aliphatic rings. The number of hydrogen-bond acceptors (Lipinski definition) is 1. The lowest BCUT2D eigenvalue weighted by Crippen LogP contribution is -2.30. The van der Waals surface area contributed by atoms with Gasteiger partial charge < -0.3 is 4.90 Å². The minimum atomic E-state index is -0.383. The van der Waals surface area contributed by atoms with E-state index in [0.29, 0.717) is 5.92 Å². The van der Waals surface area contributed by atoms with E-state index in [-0.39, 0.29) is 4.87 Å². The van der Waals surface area contributed by atoms with Crippen LogP contribution in [0.5, 0.6) is 0 Å². The first kappa shape index (κ1) is 14.0. The van der Waals surface area contributed by atoms with Crippen molar-refractivity contribution in [1.82, 2.24) is 4.90 Å². The first-order valence-electron chi connectivity index (χ1n) is 7.42. The number of nitrogens with zero attached hydrogens (tertiary/aromatic N) is 1. The Balaban J connectivity index is 1.81. The van der Waals surface area contributed by atoms with Crippen LogP contribution in [0, 0.1) is 17.8 Å². The summed E-state index contributed by atoms with van der Waals surface area (Å²) in [6, 6.07) is 0. The van der Waals surface area contributed by atoms with Gasteiger partial charge in [-0.2, -0.15) is 0 Å². The van der Waals surface area contributed by atoms with Crippen molar-refractivity contribution in [3.63, 3.8) is 0 Å². The highest BCUT2D eigenvalue weighted by Crippen LogP contribution is 2.46. The second-order valence-electron chi connectivity index (χ2n) is 6.78. The molecule has 4 unspecified atom stereocenters. The van der Waals surface area contributed by atoms with Gasteiger partial charge in [0.15, 0.2) is 0 Å². The van der Waals surface area contributed by atoms with Gasteiger partial charge in [-0.15, -0.1) is 11.6 Å². The van der Waals surface area contributed by atoms with Crippen LogP contribution in [0.3, 0.4) is 0 Å². The molecule has 4 atom stereocenters. The van der Waals surface area contributed by atoms with Crippen LogP contribution < -0.4 is 0 Å². The van der Waals surface area contributed by atoms with Crippen molar-refractivity contribution in [2.24, 2.45) is 17.8 Å². The van der Waals surface area contributed by atoms with Crippen molar-refractivity contribution in [3.05, 3.63) is 22.8 Å². The van der Waals surface area contributed by atoms with Crippen molar-refractivity contribution < 1.29 is 0 Å². The van der Waals surface area contributed by atoms with Crippen LogP contribution in [-0.4, -0.2) is 29.9 Å². The molecule has 0 bridgehead atoms. The zero-order chi connectivity index (χ0) is 13.6. The molecule has 3 heteroatoms. The number of allylic oxidation sites excluding steroid dienone is 4. The van der Waals surface area contributed by atoms with Crippen molar-refractivity contribution in [3.8, 4) is 0 Å². The molecule has 0 aromatic rings. The van der Waals surface area contributed by atoms with Gasteiger partial charge in [0.2, 0.25) is 0 Å². The van der Waals surface area contributed by atoms with Crippen LogP contribution in [0.4, 0.5) is 0 Å². The predicted octanol–water partition coefficient (Wildman–Crippen LogP) is 4.41. The van der Waals surface area contributed by atoms with E-state index in [1.165, 1.54) is 37.9 Å². The zero-order valence-electron chi connectivity index (χ0n) is 11.8. The maximum atomic E-state index is 6.41. The molecule has 0 aromatic carbocycles. The Kier molecular flexibility index (Phi) is 3.75. The first-order chi connectivity index (χ1) is 8.97. The highest BCUT2D eigenvalue weighted by molar-refractivity contribution is 6.39. The number of hydrogen-bond donors (Lipinski definition) is 0. The van der Waals surface area contributed by atoms with Gasteiger partial charge in [0, 0.05) is 18.1 Å². The molecule has 0 aromatic heterocycles. The lowest BCUT2D eigenvalue weighted by molar-refractivity contribution is 0.230. The van der Waals surface area contributed by atoms with Gasteiger partial charge in [0.1, 0.15) is 0 Å². The third-order valence-corrected chi connectivity index (χ3v) is 6.20. The maximum Gasteiger partial charge on any atom is 0.0807 e. The smallest absolute Gasteiger partial charge is 0.0807 e. The lowest BCUT2D eigenvalue weighted by Gasteiger charge is -2.36. The molecular weight excluding hydrogens is 277 g/mol. The van der Waals surface area contributed by atoms with Crippen molar-refractivity contribution >= 4 is 23.2 Å². The largest absolute Gasteiger partial charge is 0.306 e. The predicted molar refractivity (Wildman–Crippen MR) is 82.7 cm³/mol. The Labute approximate surface area is 126 Å². The molecule has 1 saturated heterocycles. The van der Waals surface area contributed by atoms with Crippen LogP contribution in [0.2, 0.25) is 0 Å². The molecule has 3 rings (SSSR count). The Morgan fingerprint density at radius 3 is 2.84 bits per heavy atom. The Bertz CT molecular complexity index is 424. The molecule has 0 amide bonds. The molecule has 0 N–H and O–H groups in total. The Hall–Kier alpha value is 0.0200. The second-order valence-corrected chi connectivity index (χ2v) is 8.02. The van der Waals surface area contributed by atoms with E-state index < -0.39 is 0 Å². The fraction of sp³-hybridized carbons (Fsp3) is 0.750. The molecule has 106 valence electrons. The van der Waals surface area contributed by atoms with E-state index in [1.54, 1.807) is 0 Å². The quantitative estimate of drug-likeness (QED) is 0.648. The molecule has 0 spiro atoms. The SMILES string of the molecule is CN1CC2CCCC(C3=CCC(C)(Cl)C(Cl)=C3)C2C1. The molecular formula is C16H23Cl2N. The van der Waals surface area contributed by atoms with Gasteiger partial charge in [0.05, 0.1) is 4.87 Å². The summed E-state index contributed by atoms with van der Waals surface area (Å²) >= 11 is 12.8. The summed E-state index contributed by atoms with van der Waals surface area (Å²) in [7, 11) is 2.25. The highest BCUT2D eigenvalue weighted by atomic mass is 35.5. The van der Waals surface area contributed by atoms with E-state index >= 15 is 0 Å². The van der Waals surface area contributed by atoms with Gasteiger partial charge in [-0.25, -0.2) is 0 Å². The van der Waals surface area contributed by atoms with Crippen LogP contribution in [-0.2, 0) is 0 Å². The molecule has 1 aliphatic heterocycles. The monoisotopic (exact) mass is 299 g/mol. The summed E-state index contributed by atoms with van der Waals surface area (Å²) in [6.07, 6.45) is 9.45. The molecule has 2 fully saturated rings. The highest BCUT2D eigenvalue weighted by Gasteiger charge is 2.41. The van der Waals surface area contributed by atoms with E-state index in [2.05, 4.69) is 24.1 Å². The van der Waals surface area contributed by atoms with E-state index in [1.807, 2.05) is 6.92 Å². The van der Waals surface area contributed by atoms with Crippen LogP contribution in [0.1, 0.15) is 32.6 Å². The molecule has 1 saturated carbocycles. The van der Waals surface area contributed by atoms with Crippen LogP contribution >= 0.6 is 23.2 Å². The average Bonchev–Trinajstić information content (AvgIpc) is 2.72. The van der Waals surface area contributed by atoms with Crippen molar-refractivity contribution in [1.29, 1.82) is 0 Å². The summed E-state index contributed by atoms with van der Waals surface area (Å²) in [5.74, 6) is 2.41. The molecule has 1 heterocycles. The summed E-state index contributed by atoms with van der Waals surface area (Å²) < 4.78 is 0. The standard InChI is InChI=1S/C16H23Cl2N/c1-16(18)7-6-11(8-15(16)17)13-5-3-4-12-9-19(2)10-14(12)13/h6,8,12-14H,3-5,7,9-10H2,1-2H3. The van der Waals surface area contributed by atoms with Crippen molar-refractivity contribution in [2.75, 3.05) is 20.1 Å². The minimum Gasteiger partial charge on any atom is -0.306 e. The topological polar surface area (TPSA) is 3.24 Å². The summed E-state index contributed by atoms with van der Waals surface area (Å²) in [5, 5.41) is 0.820. The number of rotatable bonds is 1. The third-order valence-electron chi connectivity index (χ3n) is 5.22. The molecule has 0 radical (unpaired) electrons. The molecule has 2 aliphatic carbocycles. The first-order valence-corrected chi connectivity index (χ1v) is 8.18. The molecule has 1 nitrogen and oxygen atoms in total. The number of alkyl halides is 1. The van der Waals surface area contributed by atoms with Crippen LogP contribution in [0.25, 0.3) is 0 Å². The number of likely N-dealkylation sites (tertiary alicyclic amines) is 1. The minimum absolute atomic E-state index is 0.383. The summed E-state index contributed by atoms with van der Waals surface area (Å²) in [4.78, 5) is 2.11. The fourth-order valence-electron chi connectivity index (χ4n) is 4.13. The lowest BCUT2D eigenvalue weighted by atomic mass is 9.69. The summed E-state index contributed by atoms with van der Waals surface area (Å²) in [5.41, 5.74) is 1.45. The van der Waals surface area contributed by atoms with Gasteiger partial charge >= 0.3 is 0 Å². The third kappa shape index (κ3) is 2.62. The van der Waals surface area contributed by atoms with Gasteiger partial charge in [-0.1, -0.05) is 24.1 Å². The van der Waals surface area contributed by atoms with Crippen molar-refractivity contribution in [2.45, 2.75) is 37.5 Å². The number of fused-ring (bicyclic) bond motifs is 1.